The van der Waals surface area contributed by atoms with Crippen molar-refractivity contribution in [2.24, 2.45) is 0 Å². The van der Waals surface area contributed by atoms with Gasteiger partial charge >= 0.3 is 0 Å². The zero-order valence-electron chi connectivity index (χ0n) is 14.4. The third-order valence-electron chi connectivity index (χ3n) is 4.25. The molecule has 0 aliphatic carbocycles. The molecule has 1 fully saturated rings. The molecule has 3 rings (SSSR count). The second-order valence-corrected chi connectivity index (χ2v) is 8.01. The summed E-state index contributed by atoms with van der Waals surface area (Å²) in [6, 6.07) is 1.58. The average molecular weight is 367 g/mol. The van der Waals surface area contributed by atoms with Crippen molar-refractivity contribution in [1.29, 1.82) is 0 Å². The fraction of sp³-hybridized carbons (Fsp3) is 0.533. The Morgan fingerprint density at radius 2 is 1.96 bits per heavy atom. The van der Waals surface area contributed by atoms with E-state index >= 15 is 0 Å². The van der Waals surface area contributed by atoms with Crippen LogP contribution in [-0.2, 0) is 10.0 Å². The second kappa shape index (κ2) is 6.60. The van der Waals surface area contributed by atoms with Crippen LogP contribution in [0.15, 0.2) is 15.5 Å². The summed E-state index contributed by atoms with van der Waals surface area (Å²) in [4.78, 5) is 14.3. The van der Waals surface area contributed by atoms with Crippen molar-refractivity contribution in [2.45, 2.75) is 32.1 Å². The van der Waals surface area contributed by atoms with E-state index in [1.165, 1.54) is 4.31 Å². The molecule has 1 N–H and O–H groups in total. The molecule has 1 saturated heterocycles. The van der Waals surface area contributed by atoms with Crippen LogP contribution in [0.3, 0.4) is 0 Å². The Bertz CT molecular complexity index is 866. The molecule has 0 bridgehead atoms. The molecule has 0 spiro atoms. The Kier molecular flexibility index (Phi) is 4.65. The van der Waals surface area contributed by atoms with E-state index in [-0.39, 0.29) is 23.0 Å². The van der Waals surface area contributed by atoms with E-state index in [2.05, 4.69) is 15.4 Å². The fourth-order valence-electron chi connectivity index (χ4n) is 3.02. The number of amides is 1. The Morgan fingerprint density at radius 3 is 2.56 bits per heavy atom. The number of nitrogens with zero attached hydrogens (tertiary/aromatic N) is 4. The Labute approximate surface area is 146 Å². The first kappa shape index (κ1) is 17.6. The number of aromatic amines is 1. The van der Waals surface area contributed by atoms with Crippen LogP contribution in [-0.4, -0.2) is 65.1 Å². The zero-order valence-corrected chi connectivity index (χ0v) is 15.3. The summed E-state index contributed by atoms with van der Waals surface area (Å²) in [5, 5.41) is 10.4. The zero-order chi connectivity index (χ0) is 18.2. The van der Waals surface area contributed by atoms with Gasteiger partial charge in [-0.3, -0.25) is 9.89 Å². The Morgan fingerprint density at radius 1 is 1.20 bits per heavy atom. The Balaban J connectivity index is 1.76. The van der Waals surface area contributed by atoms with Crippen LogP contribution in [0.5, 0.6) is 0 Å². The minimum atomic E-state index is -3.65. The van der Waals surface area contributed by atoms with Crippen molar-refractivity contribution >= 4 is 15.9 Å². The van der Waals surface area contributed by atoms with Gasteiger partial charge in [0.25, 0.3) is 5.91 Å². The standard InChI is InChI=1S/C15H21N5O4S/c1-10-9-13(18-24-10)15(21)19-5-4-6-20(8-7-19)25(22,23)14-11(2)16-17-12(14)3/h9H,4-8H2,1-3H3,(H,16,17). The van der Waals surface area contributed by atoms with Crippen LogP contribution in [0.2, 0.25) is 0 Å². The summed E-state index contributed by atoms with van der Waals surface area (Å²) in [5.41, 5.74) is 1.22. The summed E-state index contributed by atoms with van der Waals surface area (Å²) < 4.78 is 32.2. The van der Waals surface area contributed by atoms with E-state index in [0.29, 0.717) is 43.2 Å². The van der Waals surface area contributed by atoms with Gasteiger partial charge in [0.15, 0.2) is 5.69 Å². The molecule has 136 valence electrons. The predicted octanol–water partition coefficient (Wildman–Crippen LogP) is 0.860. The number of rotatable bonds is 3. The number of sulfonamides is 1. The van der Waals surface area contributed by atoms with Gasteiger partial charge in [0, 0.05) is 32.2 Å². The normalized spacial score (nSPS) is 16.8. The maximum absolute atomic E-state index is 12.9. The van der Waals surface area contributed by atoms with Crippen LogP contribution >= 0.6 is 0 Å². The molecular weight excluding hydrogens is 346 g/mol. The highest BCUT2D eigenvalue weighted by atomic mass is 32.2. The van der Waals surface area contributed by atoms with Gasteiger partial charge < -0.3 is 9.42 Å². The predicted molar refractivity (Wildman–Crippen MR) is 88.6 cm³/mol. The van der Waals surface area contributed by atoms with Crippen molar-refractivity contribution in [3.05, 3.63) is 28.9 Å². The maximum atomic E-state index is 12.9. The molecular formula is C15H21N5O4S. The molecule has 1 aliphatic heterocycles. The first-order valence-corrected chi connectivity index (χ1v) is 9.49. The summed E-state index contributed by atoms with van der Waals surface area (Å²) in [6.07, 6.45) is 0.553. The van der Waals surface area contributed by atoms with E-state index in [1.54, 1.807) is 31.7 Å². The van der Waals surface area contributed by atoms with Gasteiger partial charge in [-0.1, -0.05) is 5.16 Å². The molecule has 1 aliphatic rings. The van der Waals surface area contributed by atoms with Gasteiger partial charge in [-0.2, -0.15) is 9.40 Å². The number of hydrogen-bond donors (Lipinski definition) is 1. The third kappa shape index (κ3) is 3.31. The molecule has 2 aromatic heterocycles. The summed E-state index contributed by atoms with van der Waals surface area (Å²) in [7, 11) is -3.65. The van der Waals surface area contributed by atoms with Gasteiger partial charge in [-0.05, 0) is 27.2 Å². The number of aromatic nitrogens is 3. The van der Waals surface area contributed by atoms with Crippen molar-refractivity contribution in [3.8, 4) is 0 Å². The first-order chi connectivity index (χ1) is 11.8. The van der Waals surface area contributed by atoms with Crippen molar-refractivity contribution in [3.63, 3.8) is 0 Å². The molecule has 25 heavy (non-hydrogen) atoms. The molecule has 0 aromatic carbocycles. The van der Waals surface area contributed by atoms with E-state index in [9.17, 15) is 13.2 Å². The first-order valence-electron chi connectivity index (χ1n) is 8.05. The van der Waals surface area contributed by atoms with Gasteiger partial charge in [0.1, 0.15) is 10.7 Å². The molecule has 0 unspecified atom stereocenters. The smallest absolute Gasteiger partial charge is 0.276 e. The van der Waals surface area contributed by atoms with Crippen molar-refractivity contribution in [1.82, 2.24) is 24.6 Å². The molecule has 9 nitrogen and oxygen atoms in total. The molecule has 2 aromatic rings. The molecule has 10 heteroatoms. The lowest BCUT2D eigenvalue weighted by molar-refractivity contribution is 0.0754. The summed E-state index contributed by atoms with van der Waals surface area (Å²) in [5.74, 6) is 0.319. The molecule has 3 heterocycles. The van der Waals surface area contributed by atoms with Crippen molar-refractivity contribution < 1.29 is 17.7 Å². The lowest BCUT2D eigenvalue weighted by Gasteiger charge is -2.21. The topological polar surface area (TPSA) is 112 Å². The van der Waals surface area contributed by atoms with Gasteiger partial charge in [-0.15, -0.1) is 0 Å². The van der Waals surface area contributed by atoms with E-state index in [4.69, 9.17) is 4.52 Å². The lowest BCUT2D eigenvalue weighted by Crippen LogP contribution is -2.37. The fourth-order valence-corrected chi connectivity index (χ4v) is 4.82. The lowest BCUT2D eigenvalue weighted by atomic mass is 10.3. The van der Waals surface area contributed by atoms with Crippen LogP contribution in [0, 0.1) is 20.8 Å². The van der Waals surface area contributed by atoms with Crippen LogP contribution in [0.1, 0.15) is 34.1 Å². The summed E-state index contributed by atoms with van der Waals surface area (Å²) >= 11 is 0. The highest BCUT2D eigenvalue weighted by Crippen LogP contribution is 2.23. The molecule has 1 amide bonds. The van der Waals surface area contributed by atoms with Crippen molar-refractivity contribution in [2.75, 3.05) is 26.2 Å². The van der Waals surface area contributed by atoms with Gasteiger partial charge in [0.2, 0.25) is 10.0 Å². The molecule has 0 saturated carbocycles. The number of aryl methyl sites for hydroxylation is 3. The number of H-pyrrole nitrogens is 1. The molecule has 0 atom stereocenters. The average Bonchev–Trinajstić information content (AvgIpc) is 3.03. The highest BCUT2D eigenvalue weighted by molar-refractivity contribution is 7.89. The minimum absolute atomic E-state index is 0.222. The number of nitrogens with one attached hydrogen (secondary N) is 1. The van der Waals surface area contributed by atoms with Gasteiger partial charge in [-0.25, -0.2) is 8.42 Å². The highest BCUT2D eigenvalue weighted by Gasteiger charge is 2.32. The Hall–Kier alpha value is -2.20. The SMILES string of the molecule is Cc1cc(C(=O)N2CCCN(S(=O)(=O)c3c(C)n[nH]c3C)CC2)no1. The van der Waals surface area contributed by atoms with E-state index in [0.717, 1.165) is 0 Å². The number of carbonyl (C=O) groups excluding carboxylic acids is 1. The second-order valence-electron chi connectivity index (χ2n) is 6.14. The van der Waals surface area contributed by atoms with Crippen LogP contribution in [0.4, 0.5) is 0 Å². The van der Waals surface area contributed by atoms with Crippen LogP contribution < -0.4 is 0 Å². The molecule has 0 radical (unpaired) electrons. The minimum Gasteiger partial charge on any atom is -0.361 e. The number of hydrogen-bond acceptors (Lipinski definition) is 6. The van der Waals surface area contributed by atoms with E-state index < -0.39 is 10.0 Å². The van der Waals surface area contributed by atoms with Crippen LogP contribution in [0.25, 0.3) is 0 Å². The number of carbonyl (C=O) groups is 1. The maximum Gasteiger partial charge on any atom is 0.276 e. The summed E-state index contributed by atoms with van der Waals surface area (Å²) in [6.45, 7) is 6.43. The quantitative estimate of drug-likeness (QED) is 0.861. The van der Waals surface area contributed by atoms with E-state index in [1.807, 2.05) is 0 Å². The monoisotopic (exact) mass is 367 g/mol. The van der Waals surface area contributed by atoms with Gasteiger partial charge in [0.05, 0.1) is 11.4 Å². The third-order valence-corrected chi connectivity index (χ3v) is 6.41. The largest absolute Gasteiger partial charge is 0.361 e.